The Hall–Kier alpha value is -3.88. The van der Waals surface area contributed by atoms with Crippen LogP contribution in [0.2, 0.25) is 0 Å². The summed E-state index contributed by atoms with van der Waals surface area (Å²) in [6, 6.07) is 10.6. The van der Waals surface area contributed by atoms with Crippen LogP contribution in [0, 0.1) is 5.92 Å². The summed E-state index contributed by atoms with van der Waals surface area (Å²) in [4.78, 5) is 18.4. The lowest BCUT2D eigenvalue weighted by Gasteiger charge is -2.11. The molecule has 7 rings (SSSR count). The first kappa shape index (κ1) is 22.3. The van der Waals surface area contributed by atoms with Gasteiger partial charge in [-0.15, -0.1) is 11.3 Å². The summed E-state index contributed by atoms with van der Waals surface area (Å²) >= 11 is 1.72. The third-order valence-electron chi connectivity index (χ3n) is 7.36. The number of fused-ring (bicyclic) bond motifs is 2. The molecule has 0 radical (unpaired) electrons. The third-order valence-corrected chi connectivity index (χ3v) is 8.27. The predicted molar refractivity (Wildman–Crippen MR) is 149 cm³/mol. The second-order valence-corrected chi connectivity index (χ2v) is 10.8. The zero-order valence-corrected chi connectivity index (χ0v) is 21.2. The van der Waals surface area contributed by atoms with Crippen molar-refractivity contribution in [2.24, 2.45) is 5.92 Å². The van der Waals surface area contributed by atoms with Crippen molar-refractivity contribution in [2.75, 3.05) is 6.54 Å². The SMILES string of the molecule is c1csc(-c2cncc3[nH]c(-c4n[nH]c5cnc(-c6cncc(CNCC7CCCC7)c6)cc45)cc23)c1. The fourth-order valence-electron chi connectivity index (χ4n) is 5.45. The van der Waals surface area contributed by atoms with Crippen molar-refractivity contribution in [3.63, 3.8) is 0 Å². The standard InChI is InChI=1S/C29H27N7S/c1-2-5-18(4-1)11-30-12-19-8-20(14-31-13-19)24-10-22-27(17-33-24)35-36-29(22)25-9-21-23(28-6-3-7-37-28)15-32-16-26(21)34-25/h3,6-10,13-18,30,34H,1-2,4-5,11-12H2,(H,35,36). The lowest BCUT2D eigenvalue weighted by Crippen LogP contribution is -2.20. The smallest absolute Gasteiger partial charge is 0.116 e. The highest BCUT2D eigenvalue weighted by molar-refractivity contribution is 7.13. The van der Waals surface area contributed by atoms with E-state index in [4.69, 9.17) is 4.98 Å². The first-order valence-electron chi connectivity index (χ1n) is 12.8. The molecule has 0 unspecified atom stereocenters. The molecule has 0 aliphatic heterocycles. The maximum absolute atomic E-state index is 4.71. The number of rotatable bonds is 7. The lowest BCUT2D eigenvalue weighted by atomic mass is 10.1. The second kappa shape index (κ2) is 9.53. The maximum atomic E-state index is 4.71. The molecule has 3 N–H and O–H groups in total. The molecule has 184 valence electrons. The van der Waals surface area contributed by atoms with Gasteiger partial charge in [0, 0.05) is 51.9 Å². The quantitative estimate of drug-likeness (QED) is 0.228. The van der Waals surface area contributed by atoms with Crippen LogP contribution in [0.4, 0.5) is 0 Å². The van der Waals surface area contributed by atoms with Gasteiger partial charge in [0.1, 0.15) is 5.69 Å². The van der Waals surface area contributed by atoms with Gasteiger partial charge in [0.05, 0.1) is 34.8 Å². The van der Waals surface area contributed by atoms with Crippen LogP contribution in [0.25, 0.3) is 54.9 Å². The highest BCUT2D eigenvalue weighted by Gasteiger charge is 2.16. The number of pyridine rings is 3. The van der Waals surface area contributed by atoms with Crippen LogP contribution in [0.1, 0.15) is 31.2 Å². The van der Waals surface area contributed by atoms with E-state index in [9.17, 15) is 0 Å². The van der Waals surface area contributed by atoms with Crippen molar-refractivity contribution in [1.29, 1.82) is 0 Å². The molecule has 7 nitrogen and oxygen atoms in total. The van der Waals surface area contributed by atoms with Gasteiger partial charge >= 0.3 is 0 Å². The molecule has 0 spiro atoms. The van der Waals surface area contributed by atoms with Crippen LogP contribution in [-0.2, 0) is 6.54 Å². The van der Waals surface area contributed by atoms with Gasteiger partial charge in [0.2, 0.25) is 0 Å². The van der Waals surface area contributed by atoms with Crippen LogP contribution in [0.3, 0.4) is 0 Å². The van der Waals surface area contributed by atoms with Crippen LogP contribution >= 0.6 is 11.3 Å². The summed E-state index contributed by atoms with van der Waals surface area (Å²) in [5, 5.41) is 15.7. The zero-order valence-electron chi connectivity index (χ0n) is 20.4. The number of aromatic amines is 2. The number of H-pyrrole nitrogens is 2. The molecular formula is C29H27N7S. The van der Waals surface area contributed by atoms with E-state index in [1.807, 2.05) is 31.0 Å². The van der Waals surface area contributed by atoms with Crippen molar-refractivity contribution in [1.82, 2.24) is 35.5 Å². The first-order chi connectivity index (χ1) is 18.3. The molecule has 6 heterocycles. The van der Waals surface area contributed by atoms with Crippen molar-refractivity contribution in [3.05, 3.63) is 72.3 Å². The van der Waals surface area contributed by atoms with E-state index in [2.05, 4.69) is 66.2 Å². The van der Waals surface area contributed by atoms with E-state index < -0.39 is 0 Å². The lowest BCUT2D eigenvalue weighted by molar-refractivity contribution is 0.489. The Morgan fingerprint density at radius 2 is 1.86 bits per heavy atom. The van der Waals surface area contributed by atoms with Gasteiger partial charge < -0.3 is 10.3 Å². The second-order valence-electron chi connectivity index (χ2n) is 9.86. The van der Waals surface area contributed by atoms with Crippen LogP contribution in [0.15, 0.2) is 66.7 Å². The molecule has 6 aromatic heterocycles. The summed E-state index contributed by atoms with van der Waals surface area (Å²) in [6.07, 6.45) is 14.9. The molecule has 1 aliphatic carbocycles. The van der Waals surface area contributed by atoms with E-state index in [0.29, 0.717) is 0 Å². The molecule has 0 atom stereocenters. The summed E-state index contributed by atoms with van der Waals surface area (Å²) < 4.78 is 0. The molecule has 1 aliphatic rings. The maximum Gasteiger partial charge on any atom is 0.116 e. The number of aromatic nitrogens is 6. The van der Waals surface area contributed by atoms with Crippen molar-refractivity contribution >= 4 is 33.1 Å². The molecule has 0 aromatic carbocycles. The molecule has 1 saturated carbocycles. The minimum Gasteiger partial charge on any atom is -0.352 e. The monoisotopic (exact) mass is 505 g/mol. The number of hydrogen-bond acceptors (Lipinski definition) is 6. The average Bonchev–Trinajstić information content (AvgIpc) is 3.74. The van der Waals surface area contributed by atoms with Gasteiger partial charge in [-0.05, 0) is 60.5 Å². The Morgan fingerprint density at radius 1 is 0.946 bits per heavy atom. The Balaban J connectivity index is 1.20. The molecule has 6 aromatic rings. The summed E-state index contributed by atoms with van der Waals surface area (Å²) in [7, 11) is 0. The van der Waals surface area contributed by atoms with E-state index in [1.54, 1.807) is 11.3 Å². The van der Waals surface area contributed by atoms with E-state index in [0.717, 1.165) is 69.0 Å². The fraction of sp³-hybridized carbons (Fsp3) is 0.241. The summed E-state index contributed by atoms with van der Waals surface area (Å²) in [6.45, 7) is 1.91. The third kappa shape index (κ3) is 4.32. The predicted octanol–water partition coefficient (Wildman–Crippen LogP) is 6.57. The molecule has 1 fully saturated rings. The van der Waals surface area contributed by atoms with E-state index in [-0.39, 0.29) is 0 Å². The number of nitrogens with zero attached hydrogens (tertiary/aromatic N) is 4. The minimum atomic E-state index is 0.821. The number of hydrogen-bond donors (Lipinski definition) is 3. The Labute approximate surface area is 218 Å². The van der Waals surface area contributed by atoms with Gasteiger partial charge in [-0.25, -0.2) is 0 Å². The Bertz CT molecular complexity index is 1680. The molecule has 0 amide bonds. The summed E-state index contributed by atoms with van der Waals surface area (Å²) in [5.74, 6) is 0.821. The van der Waals surface area contributed by atoms with Gasteiger partial charge in [-0.1, -0.05) is 18.9 Å². The van der Waals surface area contributed by atoms with Crippen LogP contribution < -0.4 is 5.32 Å². The highest BCUT2D eigenvalue weighted by Crippen LogP contribution is 2.35. The number of thiophene rings is 1. The molecular weight excluding hydrogens is 478 g/mol. The highest BCUT2D eigenvalue weighted by atomic mass is 32.1. The Kier molecular flexibility index (Phi) is 5.75. The van der Waals surface area contributed by atoms with E-state index >= 15 is 0 Å². The Morgan fingerprint density at radius 3 is 2.76 bits per heavy atom. The van der Waals surface area contributed by atoms with Crippen LogP contribution in [-0.4, -0.2) is 36.7 Å². The minimum absolute atomic E-state index is 0.821. The molecule has 0 bridgehead atoms. The molecule has 0 saturated heterocycles. The number of nitrogens with one attached hydrogen (secondary N) is 3. The van der Waals surface area contributed by atoms with Gasteiger partial charge in [-0.2, -0.15) is 5.10 Å². The largest absolute Gasteiger partial charge is 0.352 e. The topological polar surface area (TPSA) is 95.2 Å². The zero-order chi connectivity index (χ0) is 24.6. The van der Waals surface area contributed by atoms with Crippen molar-refractivity contribution in [3.8, 4) is 33.1 Å². The summed E-state index contributed by atoms with van der Waals surface area (Å²) in [5.41, 5.74) is 7.91. The van der Waals surface area contributed by atoms with Crippen molar-refractivity contribution < 1.29 is 0 Å². The van der Waals surface area contributed by atoms with Crippen molar-refractivity contribution in [2.45, 2.75) is 32.2 Å². The molecule has 8 heteroatoms. The average molecular weight is 506 g/mol. The van der Waals surface area contributed by atoms with E-state index in [1.165, 1.54) is 36.1 Å². The van der Waals surface area contributed by atoms with Gasteiger partial charge in [-0.3, -0.25) is 20.1 Å². The molecule has 37 heavy (non-hydrogen) atoms. The first-order valence-corrected chi connectivity index (χ1v) is 13.7. The van der Waals surface area contributed by atoms with Gasteiger partial charge in [0.15, 0.2) is 0 Å². The normalized spacial score (nSPS) is 14.3. The van der Waals surface area contributed by atoms with Gasteiger partial charge in [0.25, 0.3) is 0 Å². The fourth-order valence-corrected chi connectivity index (χ4v) is 6.20. The van der Waals surface area contributed by atoms with Crippen LogP contribution in [0.5, 0.6) is 0 Å².